The number of nitrogens with zero attached hydrogens (tertiary/aromatic N) is 2. The van der Waals surface area contributed by atoms with Crippen molar-refractivity contribution in [1.82, 2.24) is 4.90 Å². The van der Waals surface area contributed by atoms with E-state index in [1.807, 2.05) is 0 Å². The van der Waals surface area contributed by atoms with Gasteiger partial charge in [-0.05, 0) is 75.2 Å². The zero-order chi connectivity index (χ0) is 28.5. The van der Waals surface area contributed by atoms with Gasteiger partial charge in [-0.3, -0.25) is 24.6 Å². The smallest absolute Gasteiger partial charge is 0.339 e. The molecule has 4 rings (SSSR count). The van der Waals surface area contributed by atoms with Gasteiger partial charge in [-0.15, -0.1) is 0 Å². The summed E-state index contributed by atoms with van der Waals surface area (Å²) in [5, 5.41) is 11.3. The molecule has 1 aliphatic rings. The molecule has 1 aliphatic heterocycles. The molecule has 0 aliphatic carbocycles. The highest BCUT2D eigenvalue weighted by Crippen LogP contribution is 2.41. The fraction of sp³-hybridized carbons (Fsp3) is 0.0833. The molecule has 0 saturated carbocycles. The third-order valence-corrected chi connectivity index (χ3v) is 8.58. The Morgan fingerprint density at radius 2 is 1.87 bits per heavy atom. The van der Waals surface area contributed by atoms with E-state index in [1.54, 1.807) is 12.1 Å². The quantitative estimate of drug-likeness (QED) is 0.111. The standard InChI is InChI=1S/C24H15BrCl2N2O8S2/c1-36-20-8-13(7-18(25)22(20)37-39(34,35)17-4-2-3-16(11-17)29(32)33)9-21-23(30)28(24(31)38-21)12-14-5-6-15(26)10-19(14)27/h2-11H,12H2,1H3/b21-9-. The van der Waals surface area contributed by atoms with Crippen LogP contribution in [0.25, 0.3) is 6.08 Å². The molecule has 0 bridgehead atoms. The van der Waals surface area contributed by atoms with Crippen LogP contribution in [0.1, 0.15) is 11.1 Å². The zero-order valence-corrected chi connectivity index (χ0v) is 24.3. The summed E-state index contributed by atoms with van der Waals surface area (Å²) in [6.07, 6.45) is 1.44. The van der Waals surface area contributed by atoms with Crippen LogP contribution in [0, 0.1) is 10.1 Å². The van der Waals surface area contributed by atoms with Gasteiger partial charge in [0.1, 0.15) is 4.90 Å². The number of thioether (sulfide) groups is 1. The van der Waals surface area contributed by atoms with Gasteiger partial charge < -0.3 is 8.92 Å². The lowest BCUT2D eigenvalue weighted by molar-refractivity contribution is -0.385. The second-order valence-corrected chi connectivity index (χ2v) is 12.1. The van der Waals surface area contributed by atoms with Crippen LogP contribution in [0.15, 0.2) is 68.9 Å². The first-order chi connectivity index (χ1) is 18.4. The van der Waals surface area contributed by atoms with Crippen LogP contribution in [0.5, 0.6) is 11.5 Å². The number of benzene rings is 3. The normalized spacial score (nSPS) is 14.7. The zero-order valence-electron chi connectivity index (χ0n) is 19.6. The third-order valence-electron chi connectivity index (χ3n) is 5.28. The number of carbonyl (C=O) groups is 2. The summed E-state index contributed by atoms with van der Waals surface area (Å²) in [5.41, 5.74) is 0.516. The Bertz CT molecular complexity index is 1660. The van der Waals surface area contributed by atoms with E-state index in [0.29, 0.717) is 21.2 Å². The lowest BCUT2D eigenvalue weighted by Crippen LogP contribution is -2.27. The molecular weight excluding hydrogens is 659 g/mol. The van der Waals surface area contributed by atoms with Crippen LogP contribution in [0.2, 0.25) is 10.0 Å². The second-order valence-electron chi connectivity index (χ2n) is 7.83. The van der Waals surface area contributed by atoms with Crippen molar-refractivity contribution in [2.45, 2.75) is 11.4 Å². The van der Waals surface area contributed by atoms with Gasteiger partial charge >= 0.3 is 10.1 Å². The summed E-state index contributed by atoms with van der Waals surface area (Å²) in [7, 11) is -3.20. The molecule has 202 valence electrons. The number of rotatable bonds is 8. The molecule has 0 unspecified atom stereocenters. The van der Waals surface area contributed by atoms with Crippen molar-refractivity contribution in [3.63, 3.8) is 0 Å². The number of hydrogen-bond donors (Lipinski definition) is 0. The maximum Gasteiger partial charge on any atom is 0.339 e. The van der Waals surface area contributed by atoms with Gasteiger partial charge in [-0.25, -0.2) is 0 Å². The molecule has 3 aromatic rings. The highest BCUT2D eigenvalue weighted by molar-refractivity contribution is 9.10. The largest absolute Gasteiger partial charge is 0.493 e. The van der Waals surface area contributed by atoms with Crippen LogP contribution in [0.4, 0.5) is 10.5 Å². The molecule has 3 aromatic carbocycles. The van der Waals surface area contributed by atoms with E-state index >= 15 is 0 Å². The lowest BCUT2D eigenvalue weighted by atomic mass is 10.1. The van der Waals surface area contributed by atoms with E-state index in [0.717, 1.165) is 34.9 Å². The maximum atomic E-state index is 13.0. The highest BCUT2D eigenvalue weighted by atomic mass is 79.9. The molecule has 0 spiro atoms. The molecule has 1 heterocycles. The summed E-state index contributed by atoms with van der Waals surface area (Å²) in [6, 6.07) is 12.0. The molecular formula is C24H15BrCl2N2O8S2. The minimum atomic E-state index is -4.48. The van der Waals surface area contributed by atoms with Crippen molar-refractivity contribution >= 4 is 83.9 Å². The summed E-state index contributed by atoms with van der Waals surface area (Å²) >= 11 is 16.1. The predicted molar refractivity (Wildman–Crippen MR) is 150 cm³/mol. The van der Waals surface area contributed by atoms with Crippen LogP contribution in [-0.2, 0) is 21.5 Å². The molecule has 1 fully saturated rings. The number of carbonyl (C=O) groups excluding carboxylic acids is 2. The molecule has 39 heavy (non-hydrogen) atoms. The Hall–Kier alpha value is -3.10. The van der Waals surface area contributed by atoms with E-state index < -0.39 is 36.8 Å². The molecule has 2 amide bonds. The first-order valence-corrected chi connectivity index (χ1v) is 14.4. The number of halogens is 3. The Morgan fingerprint density at radius 1 is 1.13 bits per heavy atom. The van der Waals surface area contributed by atoms with E-state index in [2.05, 4.69) is 15.9 Å². The van der Waals surface area contributed by atoms with Crippen LogP contribution >= 0.6 is 50.9 Å². The summed E-state index contributed by atoms with van der Waals surface area (Å²) in [4.78, 5) is 36.6. The average Bonchev–Trinajstić information content (AvgIpc) is 3.14. The minimum absolute atomic E-state index is 0.0168. The van der Waals surface area contributed by atoms with Gasteiger partial charge in [0.15, 0.2) is 11.5 Å². The number of ether oxygens (including phenoxy) is 1. The number of methoxy groups -OCH3 is 1. The minimum Gasteiger partial charge on any atom is -0.493 e. The average molecular weight is 674 g/mol. The first kappa shape index (κ1) is 28.9. The van der Waals surface area contributed by atoms with E-state index in [-0.39, 0.29) is 27.4 Å². The van der Waals surface area contributed by atoms with Crippen molar-refractivity contribution in [2.24, 2.45) is 0 Å². The number of nitro groups is 1. The number of imide groups is 1. The Morgan fingerprint density at radius 3 is 2.54 bits per heavy atom. The Labute approximate surface area is 244 Å². The highest BCUT2D eigenvalue weighted by Gasteiger charge is 2.35. The molecule has 15 heteroatoms. The van der Waals surface area contributed by atoms with Crippen molar-refractivity contribution in [3.05, 3.63) is 95.3 Å². The van der Waals surface area contributed by atoms with E-state index in [4.69, 9.17) is 32.1 Å². The van der Waals surface area contributed by atoms with Crippen LogP contribution < -0.4 is 8.92 Å². The second kappa shape index (κ2) is 11.6. The summed E-state index contributed by atoms with van der Waals surface area (Å²) in [5.74, 6) is -0.775. The Balaban J connectivity index is 1.60. The van der Waals surface area contributed by atoms with Crippen molar-refractivity contribution in [3.8, 4) is 11.5 Å². The van der Waals surface area contributed by atoms with E-state index in [9.17, 15) is 28.1 Å². The fourth-order valence-corrected chi connectivity index (χ4v) is 6.37. The van der Waals surface area contributed by atoms with Crippen molar-refractivity contribution in [1.29, 1.82) is 0 Å². The summed E-state index contributed by atoms with van der Waals surface area (Å²) < 4.78 is 36.3. The number of nitro benzene ring substituents is 1. The number of amides is 2. The Kier molecular flexibility index (Phi) is 8.57. The van der Waals surface area contributed by atoms with Crippen molar-refractivity contribution < 1.29 is 31.9 Å². The topological polar surface area (TPSA) is 133 Å². The van der Waals surface area contributed by atoms with Gasteiger partial charge in [0.05, 0.1) is 28.0 Å². The molecule has 10 nitrogen and oxygen atoms in total. The number of hydrogen-bond acceptors (Lipinski definition) is 9. The third kappa shape index (κ3) is 6.39. The monoisotopic (exact) mass is 672 g/mol. The summed E-state index contributed by atoms with van der Waals surface area (Å²) in [6.45, 7) is -0.0483. The molecule has 0 N–H and O–H groups in total. The van der Waals surface area contributed by atoms with Gasteiger partial charge in [-0.2, -0.15) is 8.42 Å². The molecule has 0 aromatic heterocycles. The molecule has 1 saturated heterocycles. The van der Waals surface area contributed by atoms with Gasteiger partial charge in [0.25, 0.3) is 16.8 Å². The van der Waals surface area contributed by atoms with E-state index in [1.165, 1.54) is 37.5 Å². The predicted octanol–water partition coefficient (Wildman–Crippen LogP) is 6.68. The van der Waals surface area contributed by atoms with Gasteiger partial charge in [-0.1, -0.05) is 35.3 Å². The maximum absolute atomic E-state index is 13.0. The van der Waals surface area contributed by atoms with Crippen molar-refractivity contribution in [2.75, 3.05) is 7.11 Å². The number of non-ortho nitro benzene ring substituents is 1. The van der Waals surface area contributed by atoms with Gasteiger partial charge in [0.2, 0.25) is 0 Å². The first-order valence-electron chi connectivity index (χ1n) is 10.7. The van der Waals surface area contributed by atoms with Crippen LogP contribution in [-0.4, -0.2) is 36.5 Å². The fourth-order valence-electron chi connectivity index (χ4n) is 3.42. The molecule has 0 radical (unpaired) electrons. The SMILES string of the molecule is COc1cc(/C=C2\SC(=O)N(Cc3ccc(Cl)cc3Cl)C2=O)cc(Br)c1OS(=O)(=O)c1cccc([N+](=O)[O-])c1. The lowest BCUT2D eigenvalue weighted by Gasteiger charge is -2.14. The van der Waals surface area contributed by atoms with Gasteiger partial charge in [0, 0.05) is 22.2 Å². The molecule has 0 atom stereocenters. The van der Waals surface area contributed by atoms with Crippen LogP contribution in [0.3, 0.4) is 0 Å².